The third kappa shape index (κ3) is 6.43. The van der Waals surface area contributed by atoms with Gasteiger partial charge in [-0.2, -0.15) is 0 Å². The SMILES string of the molecule is C=C1C[C@H](O)[C@@H]2O[C@@H]2[C@@H]2CC(=C)[C@H](CC[C@H](C/C=C/C)OC(=O)[C@H](C)C[C@@H](C)/C=C/1C)O2. The zero-order valence-corrected chi connectivity index (χ0v) is 20.1. The Bertz CT molecular complexity index is 766. The summed E-state index contributed by atoms with van der Waals surface area (Å²) in [5.41, 5.74) is 3.00. The molecular weight excluding hydrogens is 404 g/mol. The summed E-state index contributed by atoms with van der Waals surface area (Å²) in [6.45, 7) is 16.4. The summed E-state index contributed by atoms with van der Waals surface area (Å²) in [6.07, 6.45) is 9.06. The second-order valence-corrected chi connectivity index (χ2v) is 9.87. The maximum absolute atomic E-state index is 12.8. The topological polar surface area (TPSA) is 68.3 Å². The van der Waals surface area contributed by atoms with Gasteiger partial charge in [-0.3, -0.25) is 4.79 Å². The summed E-state index contributed by atoms with van der Waals surface area (Å²) in [6, 6.07) is 0. The molecule has 178 valence electrons. The van der Waals surface area contributed by atoms with Crippen molar-refractivity contribution in [3.05, 3.63) is 48.1 Å². The number of aliphatic hydroxyl groups excluding tert-OH is 1. The van der Waals surface area contributed by atoms with Crippen LogP contribution in [0.25, 0.3) is 0 Å². The first-order chi connectivity index (χ1) is 15.2. The van der Waals surface area contributed by atoms with Crippen LogP contribution in [0.15, 0.2) is 48.1 Å². The van der Waals surface area contributed by atoms with Gasteiger partial charge >= 0.3 is 5.97 Å². The lowest BCUT2D eigenvalue weighted by atomic mass is 9.92. The van der Waals surface area contributed by atoms with Crippen molar-refractivity contribution in [2.75, 3.05) is 0 Å². The van der Waals surface area contributed by atoms with Crippen molar-refractivity contribution < 1.29 is 24.1 Å². The smallest absolute Gasteiger partial charge is 0.308 e. The number of ether oxygens (including phenoxy) is 3. The number of aliphatic hydroxyl groups is 1. The molecule has 3 rings (SSSR count). The van der Waals surface area contributed by atoms with E-state index in [0.717, 1.165) is 36.0 Å². The summed E-state index contributed by atoms with van der Waals surface area (Å²) in [5, 5.41) is 10.7. The first-order valence-corrected chi connectivity index (χ1v) is 12.0. The molecular formula is C27H40O5. The molecule has 3 aliphatic rings. The molecule has 0 aromatic carbocycles. The van der Waals surface area contributed by atoms with Gasteiger partial charge in [-0.25, -0.2) is 0 Å². The number of hydrogen-bond donors (Lipinski definition) is 1. The molecule has 3 heterocycles. The van der Waals surface area contributed by atoms with Crippen LogP contribution in [0.2, 0.25) is 0 Å². The quantitative estimate of drug-likeness (QED) is 0.366. The van der Waals surface area contributed by atoms with Crippen LogP contribution in [-0.4, -0.2) is 47.7 Å². The second-order valence-electron chi connectivity index (χ2n) is 9.87. The zero-order valence-electron chi connectivity index (χ0n) is 20.1. The predicted octanol–water partition coefficient (Wildman–Crippen LogP) is 5.06. The van der Waals surface area contributed by atoms with E-state index in [0.29, 0.717) is 19.3 Å². The van der Waals surface area contributed by atoms with E-state index < -0.39 is 6.10 Å². The molecule has 2 fully saturated rings. The molecule has 1 N–H and O–H groups in total. The molecule has 2 saturated heterocycles. The summed E-state index contributed by atoms with van der Waals surface area (Å²) < 4.78 is 18.0. The number of carbonyl (C=O) groups is 1. The molecule has 0 aromatic heterocycles. The fourth-order valence-corrected chi connectivity index (χ4v) is 4.88. The van der Waals surface area contributed by atoms with E-state index in [1.807, 2.05) is 32.9 Å². The van der Waals surface area contributed by atoms with Gasteiger partial charge in [0.15, 0.2) is 0 Å². The van der Waals surface area contributed by atoms with Crippen molar-refractivity contribution in [3.8, 4) is 0 Å². The fourth-order valence-electron chi connectivity index (χ4n) is 4.88. The highest BCUT2D eigenvalue weighted by atomic mass is 16.6. The number of cyclic esters (lactones) is 1. The number of fused-ring (bicyclic) bond motifs is 4. The van der Waals surface area contributed by atoms with E-state index in [2.05, 4.69) is 26.2 Å². The van der Waals surface area contributed by atoms with Crippen molar-refractivity contribution in [1.82, 2.24) is 0 Å². The average molecular weight is 445 g/mol. The highest BCUT2D eigenvalue weighted by Gasteiger charge is 2.52. The minimum atomic E-state index is -0.597. The number of epoxide rings is 1. The van der Waals surface area contributed by atoms with Crippen LogP contribution in [0.1, 0.15) is 66.2 Å². The highest BCUT2D eigenvalue weighted by Crippen LogP contribution is 2.40. The Balaban J connectivity index is 1.77. The molecule has 3 aliphatic heterocycles. The van der Waals surface area contributed by atoms with Gasteiger partial charge in [0.25, 0.3) is 0 Å². The first kappa shape index (κ1) is 24.9. The highest BCUT2D eigenvalue weighted by molar-refractivity contribution is 5.72. The Hall–Kier alpha value is -1.69. The fraction of sp³-hybridized carbons (Fsp3) is 0.667. The molecule has 0 unspecified atom stereocenters. The lowest BCUT2D eigenvalue weighted by Gasteiger charge is -2.22. The summed E-state index contributed by atoms with van der Waals surface area (Å²) in [5.74, 6) is -0.134. The van der Waals surface area contributed by atoms with Crippen LogP contribution < -0.4 is 0 Å². The molecule has 5 nitrogen and oxygen atoms in total. The standard InChI is InChI=1S/C27H40O5/c1-7-8-9-21-10-11-23-19(5)15-24(31-23)26-25(32-26)22(28)14-18(4)17(3)12-16(2)13-20(6)27(29)30-21/h7-8,12,16,20-26,28H,4-5,9-11,13-15H2,1-3,6H3/b8-7+,17-12+/t16-,20+,21-,22-,23-,24-,25-,26+/m0/s1. The molecule has 0 aliphatic carbocycles. The zero-order chi connectivity index (χ0) is 23.4. The normalized spacial score (nSPS) is 41.4. The molecule has 32 heavy (non-hydrogen) atoms. The number of rotatable bonds is 2. The number of esters is 1. The maximum atomic E-state index is 12.8. The Morgan fingerprint density at radius 2 is 1.91 bits per heavy atom. The maximum Gasteiger partial charge on any atom is 0.308 e. The van der Waals surface area contributed by atoms with E-state index in [9.17, 15) is 9.90 Å². The van der Waals surface area contributed by atoms with Crippen LogP contribution in [-0.2, 0) is 19.0 Å². The average Bonchev–Trinajstić information content (AvgIpc) is 3.45. The van der Waals surface area contributed by atoms with E-state index in [4.69, 9.17) is 14.2 Å². The molecule has 2 bridgehead atoms. The Morgan fingerprint density at radius 3 is 2.62 bits per heavy atom. The minimum absolute atomic E-state index is 0.0646. The van der Waals surface area contributed by atoms with Gasteiger partial charge in [0.1, 0.15) is 18.3 Å². The van der Waals surface area contributed by atoms with Crippen LogP contribution in [0.4, 0.5) is 0 Å². The van der Waals surface area contributed by atoms with Gasteiger partial charge < -0.3 is 19.3 Å². The molecule has 8 atom stereocenters. The van der Waals surface area contributed by atoms with Crippen LogP contribution in [0, 0.1) is 11.8 Å². The largest absolute Gasteiger partial charge is 0.462 e. The minimum Gasteiger partial charge on any atom is -0.462 e. The summed E-state index contributed by atoms with van der Waals surface area (Å²) in [7, 11) is 0. The Morgan fingerprint density at radius 1 is 1.16 bits per heavy atom. The molecule has 0 spiro atoms. The van der Waals surface area contributed by atoms with Crippen LogP contribution >= 0.6 is 0 Å². The molecule has 0 amide bonds. The number of carbonyl (C=O) groups excluding carboxylic acids is 1. The van der Waals surface area contributed by atoms with Gasteiger partial charge in [0, 0.05) is 12.8 Å². The molecule has 5 heteroatoms. The third-order valence-corrected chi connectivity index (χ3v) is 6.91. The number of hydrogen-bond acceptors (Lipinski definition) is 5. The first-order valence-electron chi connectivity index (χ1n) is 12.0. The van der Waals surface area contributed by atoms with Crippen molar-refractivity contribution in [2.24, 2.45) is 11.8 Å². The summed E-state index contributed by atoms with van der Waals surface area (Å²) >= 11 is 0. The van der Waals surface area contributed by atoms with Gasteiger partial charge in [-0.15, -0.1) is 0 Å². The van der Waals surface area contributed by atoms with E-state index in [1.165, 1.54) is 0 Å². The monoisotopic (exact) mass is 444 g/mol. The van der Waals surface area contributed by atoms with Crippen molar-refractivity contribution in [3.63, 3.8) is 0 Å². The summed E-state index contributed by atoms with van der Waals surface area (Å²) in [4.78, 5) is 12.8. The van der Waals surface area contributed by atoms with E-state index in [1.54, 1.807) is 0 Å². The van der Waals surface area contributed by atoms with Crippen molar-refractivity contribution in [1.29, 1.82) is 0 Å². The van der Waals surface area contributed by atoms with Crippen molar-refractivity contribution >= 4 is 5.97 Å². The van der Waals surface area contributed by atoms with Gasteiger partial charge in [-0.05, 0) is 56.6 Å². The van der Waals surface area contributed by atoms with Crippen molar-refractivity contribution in [2.45, 2.75) is 103 Å². The Labute approximate surface area is 193 Å². The number of allylic oxidation sites excluding steroid dienone is 3. The van der Waals surface area contributed by atoms with E-state index in [-0.39, 0.29) is 48.3 Å². The second kappa shape index (κ2) is 11.0. The van der Waals surface area contributed by atoms with Gasteiger partial charge in [0.2, 0.25) is 0 Å². The van der Waals surface area contributed by atoms with Gasteiger partial charge in [0.05, 0.1) is 24.2 Å². The molecule has 0 radical (unpaired) electrons. The predicted molar refractivity (Wildman–Crippen MR) is 126 cm³/mol. The lowest BCUT2D eigenvalue weighted by Crippen LogP contribution is -2.26. The van der Waals surface area contributed by atoms with E-state index >= 15 is 0 Å². The van der Waals surface area contributed by atoms with Gasteiger partial charge in [-0.1, -0.05) is 50.8 Å². The molecule has 0 aromatic rings. The lowest BCUT2D eigenvalue weighted by molar-refractivity contribution is -0.154. The Kier molecular flexibility index (Phi) is 8.54. The van der Waals surface area contributed by atoms with Crippen LogP contribution in [0.3, 0.4) is 0 Å². The van der Waals surface area contributed by atoms with Crippen LogP contribution in [0.5, 0.6) is 0 Å². The molecule has 0 saturated carbocycles. The third-order valence-electron chi connectivity index (χ3n) is 6.91.